The molecule has 0 saturated carbocycles. The van der Waals surface area contributed by atoms with E-state index in [2.05, 4.69) is 25.8 Å². The van der Waals surface area contributed by atoms with Gasteiger partial charge in [0, 0.05) is 10.3 Å². The minimum absolute atomic E-state index is 0.374. The van der Waals surface area contributed by atoms with E-state index < -0.39 is 0 Å². The minimum atomic E-state index is 0.374. The molecule has 0 unspecified atom stereocenters. The quantitative estimate of drug-likeness (QED) is 0.709. The minimum Gasteiger partial charge on any atom is -0.390 e. The monoisotopic (exact) mass is 310 g/mol. The highest BCUT2D eigenvalue weighted by Gasteiger charge is 2.31. The summed E-state index contributed by atoms with van der Waals surface area (Å²) in [7, 11) is 0. The summed E-state index contributed by atoms with van der Waals surface area (Å²) in [4.78, 5) is 7.02. The van der Waals surface area contributed by atoms with Crippen molar-refractivity contribution in [3.8, 4) is 0 Å². The Balaban J connectivity index is 2.13. The molecule has 0 fully saturated rings. The molecule has 19 heavy (non-hydrogen) atoms. The van der Waals surface area contributed by atoms with Crippen LogP contribution in [-0.4, -0.2) is 4.98 Å². The number of nitrogens with zero attached hydrogens (tertiary/aromatic N) is 1. The molecule has 2 aromatic heterocycles. The van der Waals surface area contributed by atoms with Crippen LogP contribution in [0.25, 0.3) is 10.2 Å². The molecule has 2 nitrogen and oxygen atoms in total. The number of nitrogen functional groups attached to an aromatic ring is 1. The van der Waals surface area contributed by atoms with E-state index in [0.29, 0.717) is 9.37 Å². The van der Waals surface area contributed by atoms with Crippen LogP contribution in [0.5, 0.6) is 0 Å². The summed E-state index contributed by atoms with van der Waals surface area (Å²) in [5, 5.41) is 2.03. The molecular formula is C14H18N2S3. The molecule has 0 saturated heterocycles. The second kappa shape index (κ2) is 4.50. The summed E-state index contributed by atoms with van der Waals surface area (Å²) in [6, 6.07) is 0. The number of hydrogen-bond acceptors (Lipinski definition) is 5. The molecule has 1 aliphatic carbocycles. The zero-order valence-corrected chi connectivity index (χ0v) is 13.9. The third kappa shape index (κ3) is 2.32. The predicted octanol–water partition coefficient (Wildman–Crippen LogP) is 4.82. The van der Waals surface area contributed by atoms with E-state index in [1.54, 1.807) is 11.3 Å². The van der Waals surface area contributed by atoms with E-state index in [4.69, 9.17) is 18.0 Å². The lowest BCUT2D eigenvalue weighted by atomic mass is 9.72. The topological polar surface area (TPSA) is 38.9 Å². The van der Waals surface area contributed by atoms with E-state index >= 15 is 0 Å². The Labute approximate surface area is 126 Å². The molecule has 102 valence electrons. The molecule has 3 rings (SSSR count). The number of nitrogens with two attached hydrogens (primary N) is 1. The fourth-order valence-corrected chi connectivity index (χ4v) is 5.40. The molecule has 2 heterocycles. The summed E-state index contributed by atoms with van der Waals surface area (Å²) < 4.78 is 0.649. The third-order valence-corrected chi connectivity index (χ3v) is 6.29. The first-order valence-corrected chi connectivity index (χ1v) is 8.61. The highest BCUT2D eigenvalue weighted by Crippen LogP contribution is 2.44. The molecular weight excluding hydrogens is 292 g/mol. The Morgan fingerprint density at radius 1 is 1.32 bits per heavy atom. The zero-order valence-electron chi connectivity index (χ0n) is 11.4. The van der Waals surface area contributed by atoms with Crippen LogP contribution in [0.15, 0.2) is 0 Å². The van der Waals surface area contributed by atoms with Gasteiger partial charge in [-0.25, -0.2) is 4.98 Å². The SMILES string of the molecule is CC(C)(C)[C@H]1CCc2c(sc3nc(=S)sc(N)c23)C1. The average Bonchev–Trinajstić information content (AvgIpc) is 2.64. The first-order chi connectivity index (χ1) is 8.86. The number of aromatic nitrogens is 1. The molecule has 0 aliphatic heterocycles. The standard InChI is InChI=1S/C14H18N2S3/c1-14(2,3)7-4-5-8-9(6-7)18-12-10(8)11(15)19-13(17)16-12/h7H,4-6,15H2,1-3H3/t7-/m0/s1. The van der Waals surface area contributed by atoms with Gasteiger partial charge < -0.3 is 5.73 Å². The van der Waals surface area contributed by atoms with Crippen LogP contribution in [0.4, 0.5) is 5.00 Å². The van der Waals surface area contributed by atoms with Gasteiger partial charge in [0.15, 0.2) is 3.95 Å². The van der Waals surface area contributed by atoms with Gasteiger partial charge in [0.25, 0.3) is 0 Å². The first kappa shape index (κ1) is 13.5. The molecule has 0 radical (unpaired) electrons. The maximum atomic E-state index is 6.16. The molecule has 1 aliphatic rings. The first-order valence-electron chi connectivity index (χ1n) is 6.57. The van der Waals surface area contributed by atoms with Crippen molar-refractivity contribution < 1.29 is 0 Å². The lowest BCUT2D eigenvalue weighted by Gasteiger charge is -2.33. The van der Waals surface area contributed by atoms with Gasteiger partial charge >= 0.3 is 0 Å². The van der Waals surface area contributed by atoms with Crippen LogP contribution in [0.2, 0.25) is 0 Å². The van der Waals surface area contributed by atoms with Crippen molar-refractivity contribution in [1.82, 2.24) is 4.98 Å². The molecule has 5 heteroatoms. The highest BCUT2D eigenvalue weighted by atomic mass is 32.1. The van der Waals surface area contributed by atoms with Crippen LogP contribution in [0.1, 0.15) is 37.6 Å². The second-order valence-electron chi connectivity index (χ2n) is 6.33. The number of fused-ring (bicyclic) bond motifs is 3. The number of hydrogen-bond donors (Lipinski definition) is 1. The number of rotatable bonds is 0. The van der Waals surface area contributed by atoms with Gasteiger partial charge in [-0.15, -0.1) is 11.3 Å². The van der Waals surface area contributed by atoms with E-state index in [1.807, 2.05) is 0 Å². The fraction of sp³-hybridized carbons (Fsp3) is 0.571. The van der Waals surface area contributed by atoms with Crippen molar-refractivity contribution in [3.05, 3.63) is 14.4 Å². The Hall–Kier alpha value is -0.520. The van der Waals surface area contributed by atoms with Crippen molar-refractivity contribution >= 4 is 50.1 Å². The van der Waals surface area contributed by atoms with Crippen molar-refractivity contribution in [2.24, 2.45) is 11.3 Å². The van der Waals surface area contributed by atoms with Gasteiger partial charge in [0.2, 0.25) is 0 Å². The Morgan fingerprint density at radius 2 is 2.05 bits per heavy atom. The summed E-state index contributed by atoms with van der Waals surface area (Å²) in [5.74, 6) is 0.751. The van der Waals surface area contributed by atoms with Gasteiger partial charge in [-0.05, 0) is 48.4 Å². The number of thiophene rings is 1. The zero-order chi connectivity index (χ0) is 13.8. The number of anilines is 1. The molecule has 0 bridgehead atoms. The maximum Gasteiger partial charge on any atom is 0.183 e. The third-order valence-electron chi connectivity index (χ3n) is 4.11. The predicted molar refractivity (Wildman–Crippen MR) is 87.7 cm³/mol. The normalized spacial score (nSPS) is 19.6. The van der Waals surface area contributed by atoms with Gasteiger partial charge in [-0.1, -0.05) is 32.1 Å². The lowest BCUT2D eigenvalue weighted by Crippen LogP contribution is -2.26. The molecule has 2 aromatic rings. The van der Waals surface area contributed by atoms with Crippen LogP contribution >= 0.6 is 34.9 Å². The van der Waals surface area contributed by atoms with Crippen LogP contribution in [0, 0.1) is 15.3 Å². The number of aryl methyl sites for hydroxylation is 1. The lowest BCUT2D eigenvalue weighted by molar-refractivity contribution is 0.218. The molecule has 1 atom stereocenters. The van der Waals surface area contributed by atoms with Crippen molar-refractivity contribution in [2.75, 3.05) is 5.73 Å². The van der Waals surface area contributed by atoms with Crippen LogP contribution in [-0.2, 0) is 12.8 Å². The summed E-state index contributed by atoms with van der Waals surface area (Å²) in [6.07, 6.45) is 3.55. The van der Waals surface area contributed by atoms with E-state index in [9.17, 15) is 0 Å². The Morgan fingerprint density at radius 3 is 2.74 bits per heavy atom. The van der Waals surface area contributed by atoms with E-state index in [-0.39, 0.29) is 0 Å². The van der Waals surface area contributed by atoms with Gasteiger partial charge in [0.1, 0.15) is 4.83 Å². The van der Waals surface area contributed by atoms with Crippen LogP contribution in [0.3, 0.4) is 0 Å². The highest BCUT2D eigenvalue weighted by molar-refractivity contribution is 7.73. The Bertz CT molecular complexity index is 691. The Kier molecular flexibility index (Phi) is 3.19. The summed E-state index contributed by atoms with van der Waals surface area (Å²) in [6.45, 7) is 7.02. The van der Waals surface area contributed by atoms with Crippen molar-refractivity contribution in [3.63, 3.8) is 0 Å². The molecule has 2 N–H and O–H groups in total. The van der Waals surface area contributed by atoms with E-state index in [0.717, 1.165) is 28.6 Å². The van der Waals surface area contributed by atoms with Crippen LogP contribution < -0.4 is 5.73 Å². The molecule has 0 spiro atoms. The summed E-state index contributed by atoms with van der Waals surface area (Å²) in [5.41, 5.74) is 7.98. The van der Waals surface area contributed by atoms with E-state index in [1.165, 1.54) is 33.6 Å². The molecule has 0 aromatic carbocycles. The average molecular weight is 311 g/mol. The van der Waals surface area contributed by atoms with Crippen molar-refractivity contribution in [2.45, 2.75) is 40.0 Å². The molecule has 0 amide bonds. The maximum absolute atomic E-state index is 6.16. The van der Waals surface area contributed by atoms with Gasteiger partial charge in [-0.3, -0.25) is 0 Å². The van der Waals surface area contributed by atoms with Gasteiger partial charge in [0.05, 0.1) is 5.00 Å². The smallest absolute Gasteiger partial charge is 0.183 e. The van der Waals surface area contributed by atoms with Crippen molar-refractivity contribution in [1.29, 1.82) is 0 Å². The van der Waals surface area contributed by atoms with Gasteiger partial charge in [-0.2, -0.15) is 0 Å². The summed E-state index contributed by atoms with van der Waals surface area (Å²) >= 11 is 8.41. The second-order valence-corrected chi connectivity index (χ2v) is 9.09. The fourth-order valence-electron chi connectivity index (χ4n) is 2.89. The largest absolute Gasteiger partial charge is 0.390 e.